The van der Waals surface area contributed by atoms with Crippen LogP contribution in [0.1, 0.15) is 35.6 Å². The number of fused-ring (bicyclic) bond motifs is 1. The van der Waals surface area contributed by atoms with Gasteiger partial charge in [0.2, 0.25) is 0 Å². The maximum Gasteiger partial charge on any atom is 0.118 e. The minimum Gasteiger partial charge on any atom is -0.508 e. The zero-order valence-corrected chi connectivity index (χ0v) is 26.2. The molecule has 2 aromatic carbocycles. The van der Waals surface area contributed by atoms with Crippen LogP contribution in [0.5, 0.6) is 5.75 Å². The van der Waals surface area contributed by atoms with Crippen molar-refractivity contribution >= 4 is 23.1 Å². The smallest absolute Gasteiger partial charge is 0.118 e. The number of phenolic OH excluding ortho intramolecular Hbond substituents is 1. The van der Waals surface area contributed by atoms with Crippen LogP contribution in [0.15, 0.2) is 53.7 Å². The van der Waals surface area contributed by atoms with Crippen LogP contribution in [0.3, 0.4) is 0 Å². The van der Waals surface area contributed by atoms with Gasteiger partial charge in [-0.05, 0) is 61.2 Å². The van der Waals surface area contributed by atoms with Crippen molar-refractivity contribution in [3.05, 3.63) is 65.4 Å². The predicted octanol–water partition coefficient (Wildman–Crippen LogP) is 4.22. The minimum atomic E-state index is 0. The number of rotatable bonds is 6. The number of hydrogen-bond donors (Lipinski definition) is 2. The number of aliphatic hydroxyl groups excluding tert-OH is 1. The fourth-order valence-electron chi connectivity index (χ4n) is 5.20. The van der Waals surface area contributed by atoms with Gasteiger partial charge in [0.1, 0.15) is 16.9 Å². The summed E-state index contributed by atoms with van der Waals surface area (Å²) in [5.74, 6) is 1.17. The van der Waals surface area contributed by atoms with Gasteiger partial charge in [-0.3, -0.25) is 9.58 Å². The number of piperidine rings is 1. The third-order valence-corrected chi connectivity index (χ3v) is 8.37. The van der Waals surface area contributed by atoms with Crippen LogP contribution in [-0.4, -0.2) is 71.9 Å². The summed E-state index contributed by atoms with van der Waals surface area (Å²) in [7, 11) is 5.25. The van der Waals surface area contributed by atoms with Gasteiger partial charge in [0, 0.05) is 79.9 Å². The van der Waals surface area contributed by atoms with Gasteiger partial charge in [0.25, 0.3) is 0 Å². The first-order valence-corrected chi connectivity index (χ1v) is 13.5. The topological polar surface area (TPSA) is 91.8 Å². The molecular formula is C28H36N6O2SW. The molecule has 8 nitrogen and oxygen atoms in total. The quantitative estimate of drug-likeness (QED) is 0.369. The van der Waals surface area contributed by atoms with Crippen LogP contribution in [0, 0.1) is 18.3 Å². The third-order valence-electron chi connectivity index (χ3n) is 7.40. The van der Waals surface area contributed by atoms with Crippen molar-refractivity contribution in [2.45, 2.75) is 42.8 Å². The fourth-order valence-corrected chi connectivity index (χ4v) is 6.13. The molecule has 202 valence electrons. The van der Waals surface area contributed by atoms with Crippen molar-refractivity contribution in [1.29, 1.82) is 5.26 Å². The number of likely N-dealkylation sites (N-methyl/N-ethyl adjacent to an activating group) is 2. The predicted molar refractivity (Wildman–Crippen MR) is 149 cm³/mol. The van der Waals surface area contributed by atoms with Gasteiger partial charge in [-0.2, -0.15) is 10.4 Å². The zero-order valence-electron chi connectivity index (χ0n) is 22.4. The molecule has 2 aliphatic rings. The first-order chi connectivity index (χ1) is 17.9. The molecule has 5 rings (SSSR count). The number of benzene rings is 2. The fraction of sp³-hybridized carbons (Fsp3) is 0.429. The summed E-state index contributed by atoms with van der Waals surface area (Å²) in [5, 5.41) is 31.9. The normalized spacial score (nSPS) is 17.3. The van der Waals surface area contributed by atoms with E-state index in [9.17, 15) is 5.11 Å². The molecular weight excluding hydrogens is 668 g/mol. The number of hydrogen-bond acceptors (Lipinski definition) is 8. The second kappa shape index (κ2) is 13.5. The molecule has 1 aromatic heterocycles. The number of thioether (sulfide) groups is 1. The van der Waals surface area contributed by atoms with Crippen molar-refractivity contribution in [1.82, 2.24) is 14.7 Å². The molecule has 1 atom stereocenters. The Morgan fingerprint density at radius 3 is 2.42 bits per heavy atom. The molecule has 10 heteroatoms. The van der Waals surface area contributed by atoms with Crippen molar-refractivity contribution in [2.75, 3.05) is 50.6 Å². The standard InChI is InChI=1S/C27H32N6OS.CH4O.W/c1-19-14-20(16-28)4-5-21(19)18-35-26-10-13-33(29-26)22-8-11-32(12-9-22)17-27-30(2)24-7-6-23(34)15-25(24)31(27)3;1-2;/h4-7,10,13-15,22,27,34H,8-9,11-12,17-18H2,1-3H3;2H,1H3;. The summed E-state index contributed by atoms with van der Waals surface area (Å²) in [6.07, 6.45) is 4.57. The molecule has 1 saturated heterocycles. The number of nitrogens with zero attached hydrogens (tertiary/aromatic N) is 6. The Bertz CT molecular complexity index is 1250. The summed E-state index contributed by atoms with van der Waals surface area (Å²) in [5.41, 5.74) is 5.37. The van der Waals surface area contributed by atoms with E-state index in [0.717, 1.165) is 61.6 Å². The molecule has 3 aromatic rings. The number of likely N-dealkylation sites (tertiary alicyclic amines) is 1. The third kappa shape index (κ3) is 6.55. The molecule has 1 unspecified atom stereocenters. The van der Waals surface area contributed by atoms with Gasteiger partial charge in [0.15, 0.2) is 0 Å². The molecule has 0 bridgehead atoms. The number of aromatic nitrogens is 2. The van der Waals surface area contributed by atoms with E-state index in [1.54, 1.807) is 17.8 Å². The van der Waals surface area contributed by atoms with E-state index in [1.807, 2.05) is 30.3 Å². The van der Waals surface area contributed by atoms with Crippen LogP contribution < -0.4 is 9.80 Å². The summed E-state index contributed by atoms with van der Waals surface area (Å²) in [4.78, 5) is 7.13. The van der Waals surface area contributed by atoms with E-state index in [-0.39, 0.29) is 27.2 Å². The van der Waals surface area contributed by atoms with E-state index >= 15 is 0 Å². The number of anilines is 2. The first-order valence-electron chi connectivity index (χ1n) is 12.6. The molecule has 1 fully saturated rings. The SMILES string of the molecule is CO.Cc1cc(C#N)ccc1CSc1ccn(C2CCN(CC3N(C)c4ccc(O)cc4N3C)CC2)n1.[W]. The second-order valence-corrected chi connectivity index (χ2v) is 10.6. The molecule has 3 heterocycles. The molecule has 2 N–H and O–H groups in total. The number of phenols is 1. The van der Waals surface area contributed by atoms with Gasteiger partial charge in [-0.1, -0.05) is 17.8 Å². The van der Waals surface area contributed by atoms with E-state index < -0.39 is 0 Å². The summed E-state index contributed by atoms with van der Waals surface area (Å²) in [6.45, 7) is 5.14. The zero-order chi connectivity index (χ0) is 26.5. The summed E-state index contributed by atoms with van der Waals surface area (Å²) in [6, 6.07) is 16.3. The van der Waals surface area contributed by atoms with E-state index in [1.165, 1.54) is 11.3 Å². The molecule has 0 amide bonds. The average molecular weight is 705 g/mol. The maximum absolute atomic E-state index is 9.89. The van der Waals surface area contributed by atoms with Crippen molar-refractivity contribution in [3.63, 3.8) is 0 Å². The molecule has 38 heavy (non-hydrogen) atoms. The minimum absolute atomic E-state index is 0. The maximum atomic E-state index is 9.89. The first kappa shape index (κ1) is 30.0. The van der Waals surface area contributed by atoms with Crippen molar-refractivity contribution < 1.29 is 31.3 Å². The van der Waals surface area contributed by atoms with Crippen molar-refractivity contribution in [3.8, 4) is 11.8 Å². The Morgan fingerprint density at radius 2 is 1.74 bits per heavy atom. The molecule has 0 aliphatic carbocycles. The number of aryl methyl sites for hydroxylation is 1. The van der Waals surface area contributed by atoms with E-state index in [2.05, 4.69) is 58.7 Å². The number of aromatic hydroxyl groups is 1. The van der Waals surface area contributed by atoms with Crippen LogP contribution in [0.4, 0.5) is 11.4 Å². The summed E-state index contributed by atoms with van der Waals surface area (Å²) < 4.78 is 2.15. The molecule has 2 aliphatic heterocycles. The monoisotopic (exact) mass is 704 g/mol. The average Bonchev–Trinajstić information content (AvgIpc) is 3.48. The van der Waals surface area contributed by atoms with Crippen LogP contribution in [-0.2, 0) is 26.8 Å². The molecule has 0 radical (unpaired) electrons. The second-order valence-electron chi connectivity index (χ2n) is 9.58. The van der Waals surface area contributed by atoms with Gasteiger partial charge in [-0.25, -0.2) is 0 Å². The van der Waals surface area contributed by atoms with E-state index in [0.29, 0.717) is 17.4 Å². The van der Waals surface area contributed by atoms with Gasteiger partial charge < -0.3 is 20.0 Å². The number of aliphatic hydroxyl groups is 1. The Balaban J connectivity index is 0.00000130. The number of nitriles is 1. The van der Waals surface area contributed by atoms with Gasteiger partial charge in [0.05, 0.1) is 29.0 Å². The Labute approximate surface area is 244 Å². The van der Waals surface area contributed by atoms with Gasteiger partial charge >= 0.3 is 0 Å². The van der Waals surface area contributed by atoms with Crippen molar-refractivity contribution in [2.24, 2.45) is 0 Å². The Hall–Kier alpha value is -2.50. The Morgan fingerprint density at radius 1 is 1.03 bits per heavy atom. The summed E-state index contributed by atoms with van der Waals surface area (Å²) >= 11 is 1.75. The largest absolute Gasteiger partial charge is 0.508 e. The molecule has 0 spiro atoms. The molecule has 0 saturated carbocycles. The van der Waals surface area contributed by atoms with Gasteiger partial charge in [-0.15, -0.1) is 0 Å². The van der Waals surface area contributed by atoms with Crippen LogP contribution in [0.2, 0.25) is 0 Å². The van der Waals surface area contributed by atoms with Crippen LogP contribution in [0.25, 0.3) is 0 Å². The van der Waals surface area contributed by atoms with E-state index in [4.69, 9.17) is 15.5 Å². The Kier molecular flexibility index (Phi) is 10.7. The van der Waals surface area contributed by atoms with Crippen LogP contribution >= 0.6 is 11.8 Å².